The fourth-order valence-corrected chi connectivity index (χ4v) is 4.96. The molecule has 2 aliphatic rings. The predicted octanol–water partition coefficient (Wildman–Crippen LogP) is 2.68. The van der Waals surface area contributed by atoms with Gasteiger partial charge in [0.05, 0.1) is 4.90 Å². The number of anilines is 1. The van der Waals surface area contributed by atoms with E-state index in [1.54, 1.807) is 12.1 Å². The van der Waals surface area contributed by atoms with Crippen LogP contribution in [0.2, 0.25) is 0 Å². The average Bonchev–Trinajstić information content (AvgIpc) is 3.30. The molecule has 4 nitrogen and oxygen atoms in total. The molecule has 6 heteroatoms. The highest BCUT2D eigenvalue weighted by Crippen LogP contribution is 2.24. The Kier molecular flexibility index (Phi) is 4.76. The molecule has 1 saturated heterocycles. The molecule has 3 rings (SSSR count). The third-order valence-corrected chi connectivity index (χ3v) is 6.58. The Morgan fingerprint density at radius 1 is 1.05 bits per heavy atom. The Balaban J connectivity index is 1.55. The SMILES string of the molecule is O=S(=O)(NC1CC1)c1ccc(NCC2CCSCC2)cc1. The minimum absolute atomic E-state index is 0.150. The van der Waals surface area contributed by atoms with E-state index in [0.717, 1.165) is 31.0 Å². The quantitative estimate of drug-likeness (QED) is 0.844. The highest BCUT2D eigenvalue weighted by molar-refractivity contribution is 7.99. The summed E-state index contributed by atoms with van der Waals surface area (Å²) in [5.74, 6) is 3.26. The molecule has 1 aliphatic heterocycles. The standard InChI is InChI=1S/C15H22N2O2S2/c18-21(19,17-14-1-2-14)15-5-3-13(4-6-15)16-11-12-7-9-20-10-8-12/h3-6,12,14,16-17H,1-2,7-11H2. The topological polar surface area (TPSA) is 58.2 Å². The van der Waals surface area contributed by atoms with Crippen molar-refractivity contribution in [3.63, 3.8) is 0 Å². The maximum absolute atomic E-state index is 12.1. The van der Waals surface area contributed by atoms with Gasteiger partial charge in [-0.3, -0.25) is 0 Å². The summed E-state index contributed by atoms with van der Waals surface area (Å²) < 4.78 is 26.8. The van der Waals surface area contributed by atoms with E-state index in [2.05, 4.69) is 10.0 Å². The zero-order valence-corrected chi connectivity index (χ0v) is 13.7. The Hall–Kier alpha value is -0.720. The molecule has 1 heterocycles. The van der Waals surface area contributed by atoms with E-state index < -0.39 is 10.0 Å². The lowest BCUT2D eigenvalue weighted by Gasteiger charge is -2.22. The Morgan fingerprint density at radius 3 is 2.33 bits per heavy atom. The fourth-order valence-electron chi connectivity index (χ4n) is 2.45. The molecule has 1 aromatic rings. The first-order valence-electron chi connectivity index (χ1n) is 7.57. The number of rotatable bonds is 6. The van der Waals surface area contributed by atoms with Crippen LogP contribution in [0.1, 0.15) is 25.7 Å². The summed E-state index contributed by atoms with van der Waals surface area (Å²) >= 11 is 2.03. The zero-order valence-electron chi connectivity index (χ0n) is 12.0. The van der Waals surface area contributed by atoms with Crippen molar-refractivity contribution in [2.75, 3.05) is 23.4 Å². The average molecular weight is 326 g/mol. The fraction of sp³-hybridized carbons (Fsp3) is 0.600. The van der Waals surface area contributed by atoms with E-state index in [-0.39, 0.29) is 6.04 Å². The minimum atomic E-state index is -3.33. The molecule has 21 heavy (non-hydrogen) atoms. The molecule has 0 radical (unpaired) electrons. The van der Waals surface area contributed by atoms with Crippen LogP contribution in [-0.2, 0) is 10.0 Å². The van der Waals surface area contributed by atoms with Crippen LogP contribution in [0.15, 0.2) is 29.2 Å². The number of sulfonamides is 1. The molecular weight excluding hydrogens is 304 g/mol. The van der Waals surface area contributed by atoms with Gasteiger partial charge < -0.3 is 5.32 Å². The van der Waals surface area contributed by atoms with Crippen molar-refractivity contribution in [3.05, 3.63) is 24.3 Å². The van der Waals surface area contributed by atoms with E-state index in [9.17, 15) is 8.42 Å². The Labute approximate surface area is 131 Å². The zero-order chi connectivity index (χ0) is 14.7. The third kappa shape index (κ3) is 4.37. The second kappa shape index (κ2) is 6.58. The number of thioether (sulfide) groups is 1. The van der Waals surface area contributed by atoms with Crippen LogP contribution in [0.5, 0.6) is 0 Å². The van der Waals surface area contributed by atoms with Gasteiger partial charge in [-0.25, -0.2) is 13.1 Å². The van der Waals surface area contributed by atoms with Crippen LogP contribution in [0, 0.1) is 5.92 Å². The molecule has 0 aromatic heterocycles. The summed E-state index contributed by atoms with van der Waals surface area (Å²) in [7, 11) is -3.33. The van der Waals surface area contributed by atoms with Crippen molar-refractivity contribution >= 4 is 27.5 Å². The molecule has 0 unspecified atom stereocenters. The first kappa shape index (κ1) is 15.2. The highest BCUT2D eigenvalue weighted by atomic mass is 32.2. The van der Waals surface area contributed by atoms with Crippen LogP contribution in [-0.4, -0.2) is 32.5 Å². The van der Waals surface area contributed by atoms with Crippen LogP contribution in [0.4, 0.5) is 5.69 Å². The molecule has 0 amide bonds. The first-order chi connectivity index (χ1) is 10.1. The molecule has 1 aromatic carbocycles. The summed E-state index contributed by atoms with van der Waals surface area (Å²) in [6.07, 6.45) is 4.46. The van der Waals surface area contributed by atoms with E-state index >= 15 is 0 Å². The molecule has 0 spiro atoms. The lowest BCUT2D eigenvalue weighted by molar-refractivity contribution is 0.516. The number of hydrogen-bond donors (Lipinski definition) is 2. The summed E-state index contributed by atoms with van der Waals surface area (Å²) in [4.78, 5) is 0.356. The van der Waals surface area contributed by atoms with Crippen LogP contribution >= 0.6 is 11.8 Å². The number of benzene rings is 1. The van der Waals surface area contributed by atoms with Crippen LogP contribution in [0.3, 0.4) is 0 Å². The second-order valence-electron chi connectivity index (χ2n) is 5.86. The van der Waals surface area contributed by atoms with Gasteiger partial charge >= 0.3 is 0 Å². The summed E-state index contributed by atoms with van der Waals surface area (Å²) in [5, 5.41) is 3.42. The molecular formula is C15H22N2O2S2. The Bertz CT molecular complexity index is 562. The maximum atomic E-state index is 12.1. The second-order valence-corrected chi connectivity index (χ2v) is 8.80. The van der Waals surface area contributed by atoms with Gasteiger partial charge in [-0.15, -0.1) is 0 Å². The predicted molar refractivity (Wildman–Crippen MR) is 88.3 cm³/mol. The van der Waals surface area contributed by atoms with Crippen molar-refractivity contribution in [1.29, 1.82) is 0 Å². The number of hydrogen-bond acceptors (Lipinski definition) is 4. The van der Waals surface area contributed by atoms with Gasteiger partial charge in [0.1, 0.15) is 0 Å². The van der Waals surface area contributed by atoms with Gasteiger partial charge in [0, 0.05) is 18.3 Å². The van der Waals surface area contributed by atoms with Crippen LogP contribution < -0.4 is 10.0 Å². The van der Waals surface area contributed by atoms with Crippen molar-refractivity contribution in [1.82, 2.24) is 4.72 Å². The lowest BCUT2D eigenvalue weighted by atomic mass is 10.0. The molecule has 2 N–H and O–H groups in total. The van der Waals surface area contributed by atoms with E-state index in [0.29, 0.717) is 4.90 Å². The normalized spacial score (nSPS) is 20.4. The molecule has 1 saturated carbocycles. The largest absolute Gasteiger partial charge is 0.385 e. The number of nitrogens with one attached hydrogen (secondary N) is 2. The summed E-state index contributed by atoms with van der Waals surface area (Å²) in [6.45, 7) is 0.979. The van der Waals surface area contributed by atoms with Crippen molar-refractivity contribution in [3.8, 4) is 0 Å². The van der Waals surface area contributed by atoms with Gasteiger partial charge in [0.15, 0.2) is 0 Å². The molecule has 2 fully saturated rings. The van der Waals surface area contributed by atoms with E-state index in [1.807, 2.05) is 23.9 Å². The molecule has 0 atom stereocenters. The van der Waals surface area contributed by atoms with E-state index in [4.69, 9.17) is 0 Å². The van der Waals surface area contributed by atoms with Gasteiger partial charge in [0.2, 0.25) is 10.0 Å². The van der Waals surface area contributed by atoms with Crippen molar-refractivity contribution < 1.29 is 8.42 Å². The molecule has 1 aliphatic carbocycles. The molecule has 0 bridgehead atoms. The maximum Gasteiger partial charge on any atom is 0.240 e. The van der Waals surface area contributed by atoms with Crippen molar-refractivity contribution in [2.45, 2.75) is 36.6 Å². The first-order valence-corrected chi connectivity index (χ1v) is 10.2. The van der Waals surface area contributed by atoms with Crippen molar-refractivity contribution in [2.24, 2.45) is 5.92 Å². The summed E-state index contributed by atoms with van der Waals surface area (Å²) in [5.41, 5.74) is 0.999. The minimum Gasteiger partial charge on any atom is -0.385 e. The highest BCUT2D eigenvalue weighted by Gasteiger charge is 2.27. The summed E-state index contributed by atoms with van der Waals surface area (Å²) in [6, 6.07) is 7.24. The Morgan fingerprint density at radius 2 is 1.71 bits per heavy atom. The smallest absolute Gasteiger partial charge is 0.240 e. The monoisotopic (exact) mass is 326 g/mol. The third-order valence-electron chi connectivity index (χ3n) is 4.00. The molecule has 116 valence electrons. The lowest BCUT2D eigenvalue weighted by Crippen LogP contribution is -2.25. The van der Waals surface area contributed by atoms with Gasteiger partial charge in [-0.05, 0) is 67.4 Å². The van der Waals surface area contributed by atoms with Crippen LogP contribution in [0.25, 0.3) is 0 Å². The van der Waals surface area contributed by atoms with Gasteiger partial charge in [-0.2, -0.15) is 11.8 Å². The van der Waals surface area contributed by atoms with Gasteiger partial charge in [-0.1, -0.05) is 0 Å². The van der Waals surface area contributed by atoms with Gasteiger partial charge in [0.25, 0.3) is 0 Å². The van der Waals surface area contributed by atoms with E-state index in [1.165, 1.54) is 24.3 Å².